The number of benzene rings is 2. The molecule has 0 saturated heterocycles. The van der Waals surface area contributed by atoms with E-state index in [0.29, 0.717) is 12.5 Å². The average Bonchev–Trinajstić information content (AvgIpc) is 3.38. The van der Waals surface area contributed by atoms with Crippen molar-refractivity contribution in [3.63, 3.8) is 0 Å². The molecule has 0 amide bonds. The molecule has 160 valence electrons. The largest absolute Gasteiger partial charge is 0.493 e. The summed E-state index contributed by atoms with van der Waals surface area (Å²) in [5, 5.41) is 12.8. The van der Waals surface area contributed by atoms with Gasteiger partial charge in [0.15, 0.2) is 11.0 Å². The summed E-state index contributed by atoms with van der Waals surface area (Å²) in [6.45, 7) is 7.10. The molecule has 0 aliphatic heterocycles. The van der Waals surface area contributed by atoms with Crippen molar-refractivity contribution < 1.29 is 4.74 Å². The Morgan fingerprint density at radius 2 is 1.87 bits per heavy atom. The average molecular weight is 451 g/mol. The van der Waals surface area contributed by atoms with Crippen molar-refractivity contribution >= 4 is 23.1 Å². The van der Waals surface area contributed by atoms with Crippen LogP contribution in [0.15, 0.2) is 59.1 Å². The van der Waals surface area contributed by atoms with Crippen molar-refractivity contribution in [3.05, 3.63) is 65.2 Å². The second kappa shape index (κ2) is 9.66. The highest BCUT2D eigenvalue weighted by molar-refractivity contribution is 7.98. The predicted octanol–water partition coefficient (Wildman–Crippen LogP) is 6.24. The van der Waals surface area contributed by atoms with E-state index in [0.717, 1.165) is 38.7 Å². The lowest BCUT2D eigenvalue weighted by atomic mass is 10.1. The molecule has 4 aromatic rings. The molecule has 31 heavy (non-hydrogen) atoms. The zero-order valence-electron chi connectivity index (χ0n) is 18.2. The Morgan fingerprint density at radius 1 is 1.06 bits per heavy atom. The molecule has 7 heteroatoms. The first-order valence-corrected chi connectivity index (χ1v) is 12.1. The minimum atomic E-state index is 0.503. The van der Waals surface area contributed by atoms with Gasteiger partial charge in [0.2, 0.25) is 0 Å². The van der Waals surface area contributed by atoms with E-state index in [1.54, 1.807) is 23.1 Å². The summed E-state index contributed by atoms with van der Waals surface area (Å²) in [4.78, 5) is 4.80. The van der Waals surface area contributed by atoms with E-state index < -0.39 is 0 Å². The number of rotatable bonds is 8. The van der Waals surface area contributed by atoms with Gasteiger partial charge >= 0.3 is 0 Å². The summed E-state index contributed by atoms with van der Waals surface area (Å²) in [5.41, 5.74) is 4.50. The summed E-state index contributed by atoms with van der Waals surface area (Å²) in [5.74, 6) is 2.98. The van der Waals surface area contributed by atoms with Crippen LogP contribution in [0.25, 0.3) is 22.0 Å². The maximum absolute atomic E-state index is 5.77. The highest BCUT2D eigenvalue weighted by Gasteiger charge is 2.13. The number of thioether (sulfide) groups is 1. The molecule has 2 heterocycles. The van der Waals surface area contributed by atoms with E-state index in [9.17, 15) is 0 Å². The third kappa shape index (κ3) is 5.35. The van der Waals surface area contributed by atoms with Crippen LogP contribution in [-0.4, -0.2) is 26.4 Å². The van der Waals surface area contributed by atoms with Gasteiger partial charge in [0.25, 0.3) is 0 Å². The van der Waals surface area contributed by atoms with Crippen molar-refractivity contribution in [2.24, 2.45) is 13.0 Å². The minimum Gasteiger partial charge on any atom is -0.493 e. The first-order valence-electron chi connectivity index (χ1n) is 10.3. The Kier molecular flexibility index (Phi) is 6.73. The smallest absolute Gasteiger partial charge is 0.191 e. The van der Waals surface area contributed by atoms with Gasteiger partial charge in [0.05, 0.1) is 12.3 Å². The van der Waals surface area contributed by atoms with Gasteiger partial charge in [-0.05, 0) is 43.2 Å². The van der Waals surface area contributed by atoms with Gasteiger partial charge in [-0.3, -0.25) is 0 Å². The standard InChI is InChI=1S/C24H26N4OS2/c1-16(2)13-29-21-10-8-18(9-11-21)22-26-27-24(28(22)4)31-15-20-14-30-23(25-20)19-7-5-6-17(3)12-19/h5-12,14,16H,13,15H2,1-4H3. The highest BCUT2D eigenvalue weighted by Crippen LogP contribution is 2.29. The van der Waals surface area contributed by atoms with Gasteiger partial charge in [-0.1, -0.05) is 49.4 Å². The van der Waals surface area contributed by atoms with Crippen LogP contribution in [0.3, 0.4) is 0 Å². The summed E-state index contributed by atoms with van der Waals surface area (Å²) in [7, 11) is 2.00. The fourth-order valence-electron chi connectivity index (χ4n) is 3.08. The third-order valence-corrected chi connectivity index (χ3v) is 6.69. The molecular weight excluding hydrogens is 424 g/mol. The first kappa shape index (κ1) is 21.6. The van der Waals surface area contributed by atoms with E-state index in [1.807, 2.05) is 35.9 Å². The van der Waals surface area contributed by atoms with E-state index in [1.165, 1.54) is 11.1 Å². The molecule has 2 aromatic heterocycles. The van der Waals surface area contributed by atoms with Gasteiger partial charge in [-0.2, -0.15) is 0 Å². The normalized spacial score (nSPS) is 11.3. The Hall–Kier alpha value is -2.64. The second-order valence-electron chi connectivity index (χ2n) is 7.90. The van der Waals surface area contributed by atoms with E-state index in [-0.39, 0.29) is 0 Å². The van der Waals surface area contributed by atoms with E-state index >= 15 is 0 Å². The molecule has 0 saturated carbocycles. The molecule has 0 atom stereocenters. The number of hydrogen-bond acceptors (Lipinski definition) is 6. The lowest BCUT2D eigenvalue weighted by Gasteiger charge is -2.09. The van der Waals surface area contributed by atoms with Crippen molar-refractivity contribution in [3.8, 4) is 27.7 Å². The number of ether oxygens (including phenoxy) is 1. The van der Waals surface area contributed by atoms with Crippen molar-refractivity contribution in [1.29, 1.82) is 0 Å². The number of nitrogens with zero attached hydrogens (tertiary/aromatic N) is 4. The summed E-state index contributed by atoms with van der Waals surface area (Å²) < 4.78 is 7.80. The molecular formula is C24H26N4OS2. The monoisotopic (exact) mass is 450 g/mol. The summed E-state index contributed by atoms with van der Waals surface area (Å²) in [6.07, 6.45) is 0. The number of aryl methyl sites for hydroxylation is 1. The van der Waals surface area contributed by atoms with Crippen LogP contribution < -0.4 is 4.74 Å². The molecule has 0 unspecified atom stereocenters. The van der Waals surface area contributed by atoms with Gasteiger partial charge in [0, 0.05) is 29.3 Å². The van der Waals surface area contributed by atoms with Crippen molar-refractivity contribution in [2.75, 3.05) is 6.61 Å². The predicted molar refractivity (Wildman–Crippen MR) is 129 cm³/mol. The fourth-order valence-corrected chi connectivity index (χ4v) is 4.80. The van der Waals surface area contributed by atoms with Crippen molar-refractivity contribution in [1.82, 2.24) is 19.7 Å². The van der Waals surface area contributed by atoms with Crippen molar-refractivity contribution in [2.45, 2.75) is 31.7 Å². The summed E-state index contributed by atoms with van der Waals surface area (Å²) >= 11 is 3.33. The lowest BCUT2D eigenvalue weighted by Crippen LogP contribution is -2.04. The van der Waals surface area contributed by atoms with Crippen LogP contribution in [0.1, 0.15) is 25.1 Å². The SMILES string of the molecule is Cc1cccc(-c2nc(CSc3nnc(-c4ccc(OCC(C)C)cc4)n3C)cs2)c1. The Balaban J connectivity index is 1.41. The molecule has 0 radical (unpaired) electrons. The molecule has 5 nitrogen and oxygen atoms in total. The van der Waals surface area contributed by atoms with Crippen LogP contribution in [-0.2, 0) is 12.8 Å². The zero-order valence-corrected chi connectivity index (χ0v) is 19.8. The third-order valence-electron chi connectivity index (χ3n) is 4.70. The molecule has 0 aliphatic carbocycles. The van der Waals surface area contributed by atoms with Crippen LogP contribution in [0, 0.1) is 12.8 Å². The van der Waals surface area contributed by atoms with E-state index in [2.05, 4.69) is 60.6 Å². The highest BCUT2D eigenvalue weighted by atomic mass is 32.2. The van der Waals surface area contributed by atoms with Crippen LogP contribution in [0.2, 0.25) is 0 Å². The fraction of sp³-hybridized carbons (Fsp3) is 0.292. The molecule has 0 fully saturated rings. The molecule has 0 aliphatic rings. The number of aromatic nitrogens is 4. The zero-order chi connectivity index (χ0) is 21.8. The molecule has 0 N–H and O–H groups in total. The molecule has 0 bridgehead atoms. The lowest BCUT2D eigenvalue weighted by molar-refractivity contribution is 0.271. The second-order valence-corrected chi connectivity index (χ2v) is 9.70. The first-order chi connectivity index (χ1) is 15.0. The van der Waals surface area contributed by atoms with Gasteiger partial charge in [-0.25, -0.2) is 4.98 Å². The maximum Gasteiger partial charge on any atom is 0.191 e. The Morgan fingerprint density at radius 3 is 2.61 bits per heavy atom. The van der Waals surface area contributed by atoms with Gasteiger partial charge in [0.1, 0.15) is 10.8 Å². The quantitative estimate of drug-likeness (QED) is 0.297. The number of thiazole rings is 1. The minimum absolute atomic E-state index is 0.503. The molecule has 0 spiro atoms. The Bertz CT molecular complexity index is 1150. The van der Waals surface area contributed by atoms with Crippen LogP contribution in [0.5, 0.6) is 5.75 Å². The van der Waals surface area contributed by atoms with Crippen LogP contribution >= 0.6 is 23.1 Å². The molecule has 2 aromatic carbocycles. The Labute approximate surface area is 191 Å². The topological polar surface area (TPSA) is 52.8 Å². The van der Waals surface area contributed by atoms with Gasteiger partial charge < -0.3 is 9.30 Å². The van der Waals surface area contributed by atoms with E-state index in [4.69, 9.17) is 9.72 Å². The number of hydrogen-bond donors (Lipinski definition) is 0. The van der Waals surface area contributed by atoms with Crippen LogP contribution in [0.4, 0.5) is 0 Å². The molecule has 4 rings (SSSR count). The summed E-state index contributed by atoms with van der Waals surface area (Å²) in [6, 6.07) is 16.5. The maximum atomic E-state index is 5.77. The van der Waals surface area contributed by atoms with Gasteiger partial charge in [-0.15, -0.1) is 21.5 Å².